The summed E-state index contributed by atoms with van der Waals surface area (Å²) in [6, 6.07) is 7.71. The highest BCUT2D eigenvalue weighted by atomic mass is 35.5. The third kappa shape index (κ3) is 5.20. The highest BCUT2D eigenvalue weighted by Gasteiger charge is 2.11. The maximum atomic E-state index is 12.1. The summed E-state index contributed by atoms with van der Waals surface area (Å²) in [6.45, 7) is 7.51. The van der Waals surface area contributed by atoms with Crippen LogP contribution in [0.3, 0.4) is 0 Å². The van der Waals surface area contributed by atoms with Crippen molar-refractivity contribution in [2.75, 3.05) is 11.9 Å². The number of rotatable bonds is 6. The molecule has 23 heavy (non-hydrogen) atoms. The van der Waals surface area contributed by atoms with Crippen LogP contribution in [0.25, 0.3) is 0 Å². The summed E-state index contributed by atoms with van der Waals surface area (Å²) in [5.74, 6) is -0.191. The zero-order valence-corrected chi connectivity index (χ0v) is 15.1. The normalized spacial score (nSPS) is 10.2. The molecule has 2 aromatic rings. The number of halogens is 1. The lowest BCUT2D eigenvalue weighted by molar-refractivity contribution is -0.116. The Morgan fingerprint density at radius 3 is 2.65 bits per heavy atom. The third-order valence-corrected chi connectivity index (χ3v) is 4.46. The molecule has 0 saturated carbocycles. The highest BCUT2D eigenvalue weighted by Crippen LogP contribution is 2.12. The molecule has 0 aliphatic carbocycles. The zero-order chi connectivity index (χ0) is 16.1. The molecule has 2 rings (SSSR count). The summed E-state index contributed by atoms with van der Waals surface area (Å²) in [7, 11) is 0. The first-order chi connectivity index (χ1) is 10.5. The Morgan fingerprint density at radius 2 is 2.04 bits per heavy atom. The molecule has 1 aromatic heterocycles. The van der Waals surface area contributed by atoms with Gasteiger partial charge in [-0.3, -0.25) is 14.2 Å². The Kier molecular flexibility index (Phi) is 7.48. The number of hydrogen-bond acceptors (Lipinski definition) is 4. The van der Waals surface area contributed by atoms with Crippen LogP contribution in [0.2, 0.25) is 0 Å². The van der Waals surface area contributed by atoms with E-state index in [1.807, 2.05) is 38.1 Å². The Morgan fingerprint density at radius 1 is 1.30 bits per heavy atom. The van der Waals surface area contributed by atoms with Gasteiger partial charge >= 0.3 is 4.87 Å². The van der Waals surface area contributed by atoms with Gasteiger partial charge in [-0.1, -0.05) is 30.4 Å². The van der Waals surface area contributed by atoms with Crippen molar-refractivity contribution in [2.45, 2.75) is 33.9 Å². The van der Waals surface area contributed by atoms with Crippen LogP contribution in [0.5, 0.6) is 0 Å². The van der Waals surface area contributed by atoms with E-state index in [0.717, 1.165) is 34.9 Å². The number of hydrogen-bond donors (Lipinski definition) is 2. The SMILES string of the molecule is CCNCc1cccc(NC(=O)Cn2c(C)c(C)sc2=O)c1.Cl. The van der Waals surface area contributed by atoms with Crippen molar-refractivity contribution in [3.63, 3.8) is 0 Å². The lowest BCUT2D eigenvalue weighted by Crippen LogP contribution is -2.25. The predicted octanol–water partition coefficient (Wildman–Crippen LogP) is 2.70. The van der Waals surface area contributed by atoms with Crippen molar-refractivity contribution >= 4 is 35.3 Å². The number of benzene rings is 1. The molecule has 0 atom stereocenters. The maximum absolute atomic E-state index is 12.1. The molecule has 0 unspecified atom stereocenters. The van der Waals surface area contributed by atoms with Crippen LogP contribution in [0, 0.1) is 13.8 Å². The number of aryl methyl sites for hydroxylation is 1. The van der Waals surface area contributed by atoms with Crippen LogP contribution in [-0.2, 0) is 17.9 Å². The molecule has 0 aliphatic rings. The molecular weight excluding hydrogens is 334 g/mol. The van der Waals surface area contributed by atoms with Crippen molar-refractivity contribution in [3.05, 3.63) is 50.1 Å². The van der Waals surface area contributed by atoms with Crippen LogP contribution in [0.1, 0.15) is 23.1 Å². The second-order valence-corrected chi connectivity index (χ2v) is 6.29. The van der Waals surface area contributed by atoms with Gasteiger partial charge in [-0.2, -0.15) is 0 Å². The lowest BCUT2D eigenvalue weighted by Gasteiger charge is -2.09. The van der Waals surface area contributed by atoms with E-state index < -0.39 is 0 Å². The zero-order valence-electron chi connectivity index (χ0n) is 13.5. The van der Waals surface area contributed by atoms with E-state index >= 15 is 0 Å². The number of nitrogens with one attached hydrogen (secondary N) is 2. The van der Waals surface area contributed by atoms with E-state index in [0.29, 0.717) is 0 Å². The van der Waals surface area contributed by atoms with Gasteiger partial charge in [0.1, 0.15) is 6.54 Å². The van der Waals surface area contributed by atoms with Crippen molar-refractivity contribution in [3.8, 4) is 0 Å². The summed E-state index contributed by atoms with van der Waals surface area (Å²) >= 11 is 1.17. The van der Waals surface area contributed by atoms with Gasteiger partial charge in [0.2, 0.25) is 5.91 Å². The minimum absolute atomic E-state index is 0. The quantitative estimate of drug-likeness (QED) is 0.837. The van der Waals surface area contributed by atoms with Gasteiger partial charge in [-0.25, -0.2) is 0 Å². The van der Waals surface area contributed by atoms with Gasteiger partial charge in [-0.05, 0) is 38.1 Å². The molecule has 2 N–H and O–H groups in total. The molecule has 0 radical (unpaired) electrons. The highest BCUT2D eigenvalue weighted by molar-refractivity contribution is 7.09. The van der Waals surface area contributed by atoms with Gasteiger partial charge in [0, 0.05) is 22.8 Å². The fourth-order valence-corrected chi connectivity index (χ4v) is 2.97. The fourth-order valence-electron chi connectivity index (χ4n) is 2.14. The van der Waals surface area contributed by atoms with E-state index in [9.17, 15) is 9.59 Å². The first-order valence-electron chi connectivity index (χ1n) is 7.27. The van der Waals surface area contributed by atoms with Crippen LogP contribution < -0.4 is 15.5 Å². The van der Waals surface area contributed by atoms with Crippen molar-refractivity contribution in [1.82, 2.24) is 9.88 Å². The summed E-state index contributed by atoms with van der Waals surface area (Å²) in [5, 5.41) is 6.09. The van der Waals surface area contributed by atoms with E-state index in [4.69, 9.17) is 0 Å². The summed E-state index contributed by atoms with van der Waals surface area (Å²) in [5.41, 5.74) is 2.71. The summed E-state index contributed by atoms with van der Waals surface area (Å²) < 4.78 is 1.51. The van der Waals surface area contributed by atoms with E-state index in [2.05, 4.69) is 17.6 Å². The van der Waals surface area contributed by atoms with Gasteiger partial charge in [0.05, 0.1) is 0 Å². The fraction of sp³-hybridized carbons (Fsp3) is 0.375. The van der Waals surface area contributed by atoms with Crippen LogP contribution in [-0.4, -0.2) is 17.0 Å². The topological polar surface area (TPSA) is 63.1 Å². The van der Waals surface area contributed by atoms with Crippen LogP contribution >= 0.6 is 23.7 Å². The average molecular weight is 356 g/mol. The third-order valence-electron chi connectivity index (χ3n) is 3.47. The second kappa shape index (κ2) is 8.86. The molecule has 7 heteroatoms. The molecule has 1 amide bonds. The largest absolute Gasteiger partial charge is 0.325 e. The van der Waals surface area contributed by atoms with Gasteiger partial charge < -0.3 is 10.6 Å². The molecule has 0 fully saturated rings. The lowest BCUT2D eigenvalue weighted by atomic mass is 10.2. The molecule has 1 heterocycles. The minimum atomic E-state index is -0.191. The molecule has 0 bridgehead atoms. The molecule has 0 aliphatic heterocycles. The first-order valence-corrected chi connectivity index (χ1v) is 8.09. The van der Waals surface area contributed by atoms with E-state index in [1.165, 1.54) is 15.9 Å². The molecule has 1 aromatic carbocycles. The van der Waals surface area contributed by atoms with Crippen LogP contribution in [0.15, 0.2) is 29.1 Å². The number of carbonyl (C=O) groups excluding carboxylic acids is 1. The number of aromatic nitrogens is 1. The second-order valence-electron chi connectivity index (χ2n) is 5.12. The first kappa shape index (κ1) is 19.4. The number of carbonyl (C=O) groups is 1. The van der Waals surface area contributed by atoms with Crippen molar-refractivity contribution < 1.29 is 4.79 Å². The average Bonchev–Trinajstić information content (AvgIpc) is 2.72. The number of thiazole rings is 1. The summed E-state index contributed by atoms with van der Waals surface area (Å²) in [6.07, 6.45) is 0. The molecule has 0 saturated heterocycles. The van der Waals surface area contributed by atoms with E-state index in [1.54, 1.807) is 0 Å². The van der Waals surface area contributed by atoms with Crippen molar-refractivity contribution in [1.29, 1.82) is 0 Å². The minimum Gasteiger partial charge on any atom is -0.325 e. The number of anilines is 1. The Labute approximate surface area is 146 Å². The Balaban J connectivity index is 0.00000264. The van der Waals surface area contributed by atoms with Crippen LogP contribution in [0.4, 0.5) is 5.69 Å². The maximum Gasteiger partial charge on any atom is 0.308 e. The Bertz CT molecular complexity index is 724. The van der Waals surface area contributed by atoms with Gasteiger partial charge in [0.15, 0.2) is 0 Å². The number of amides is 1. The van der Waals surface area contributed by atoms with E-state index in [-0.39, 0.29) is 29.7 Å². The standard InChI is InChI=1S/C16H21N3O2S.ClH/c1-4-17-9-13-6-5-7-14(8-13)18-15(20)10-19-11(2)12(3)22-16(19)21;/h5-8,17H,4,9-10H2,1-3H3,(H,18,20);1H. The smallest absolute Gasteiger partial charge is 0.308 e. The van der Waals surface area contributed by atoms with Gasteiger partial charge in [-0.15, -0.1) is 12.4 Å². The predicted molar refractivity (Wildman–Crippen MR) is 97.8 cm³/mol. The summed E-state index contributed by atoms with van der Waals surface area (Å²) in [4.78, 5) is 24.8. The van der Waals surface area contributed by atoms with Crippen molar-refractivity contribution in [2.24, 2.45) is 0 Å². The molecule has 0 spiro atoms. The molecule has 5 nitrogen and oxygen atoms in total. The molecule has 126 valence electrons. The molecular formula is C16H22ClN3O2S. The van der Waals surface area contributed by atoms with Gasteiger partial charge in [0.25, 0.3) is 0 Å². The number of nitrogens with zero attached hydrogens (tertiary/aromatic N) is 1. The Hall–Kier alpha value is -1.63. The monoisotopic (exact) mass is 355 g/mol.